The Labute approximate surface area is 164 Å². The molecule has 150 valence electrons. The monoisotopic (exact) mass is 390 g/mol. The Hall–Kier alpha value is -1.75. The van der Waals surface area contributed by atoms with Crippen LogP contribution in [0.25, 0.3) is 0 Å². The van der Waals surface area contributed by atoms with Gasteiger partial charge in [0.2, 0.25) is 0 Å². The van der Waals surface area contributed by atoms with Gasteiger partial charge in [0.15, 0.2) is 0 Å². The summed E-state index contributed by atoms with van der Waals surface area (Å²) < 4.78 is 17.3. The summed E-state index contributed by atoms with van der Waals surface area (Å²) in [5.74, 6) is 1.19. The van der Waals surface area contributed by atoms with E-state index < -0.39 is 8.07 Å². The Morgan fingerprint density at radius 1 is 1.26 bits per heavy atom. The van der Waals surface area contributed by atoms with E-state index in [-0.39, 0.29) is 5.97 Å². The van der Waals surface area contributed by atoms with Crippen molar-refractivity contribution in [3.05, 3.63) is 33.9 Å². The van der Waals surface area contributed by atoms with Gasteiger partial charge in [-0.05, 0) is 38.3 Å². The van der Waals surface area contributed by atoms with Crippen LogP contribution in [-0.4, -0.2) is 27.8 Å². The molecule has 0 radical (unpaired) electrons. The van der Waals surface area contributed by atoms with Crippen molar-refractivity contribution in [2.75, 3.05) is 13.7 Å². The fourth-order valence-corrected chi connectivity index (χ4v) is 4.12. The van der Waals surface area contributed by atoms with Crippen molar-refractivity contribution in [3.8, 4) is 11.5 Å². The summed E-state index contributed by atoms with van der Waals surface area (Å²) in [6.45, 7) is 14.2. The van der Waals surface area contributed by atoms with Crippen LogP contribution in [0.3, 0.4) is 0 Å². The normalized spacial score (nSPS) is 14.2. The van der Waals surface area contributed by atoms with Crippen molar-refractivity contribution < 1.29 is 19.0 Å². The quantitative estimate of drug-likeness (QED) is 0.309. The molecule has 0 unspecified atom stereocenters. The van der Waals surface area contributed by atoms with Gasteiger partial charge in [-0.15, -0.1) is 0 Å². The summed E-state index contributed by atoms with van der Waals surface area (Å²) in [6.07, 6.45) is 5.10. The number of carbonyl (C=O) groups excluding carboxylic acids is 1. The lowest BCUT2D eigenvalue weighted by Crippen LogP contribution is -2.23. The zero-order valence-corrected chi connectivity index (χ0v) is 19.0. The van der Waals surface area contributed by atoms with Gasteiger partial charge < -0.3 is 14.2 Å². The Kier molecular flexibility index (Phi) is 7.15. The number of benzene rings is 1. The molecule has 1 heterocycles. The van der Waals surface area contributed by atoms with Crippen LogP contribution in [0.4, 0.5) is 0 Å². The van der Waals surface area contributed by atoms with Gasteiger partial charge in [-0.1, -0.05) is 44.6 Å². The second-order valence-corrected chi connectivity index (χ2v) is 14.2. The summed E-state index contributed by atoms with van der Waals surface area (Å²) in [4.78, 5) is 12.4. The molecule has 0 N–H and O–H groups in total. The van der Waals surface area contributed by atoms with Gasteiger partial charge in [0.1, 0.15) is 23.7 Å². The first-order chi connectivity index (χ1) is 12.7. The first kappa shape index (κ1) is 21.5. The summed E-state index contributed by atoms with van der Waals surface area (Å²) in [5.41, 5.74) is 4.78. The van der Waals surface area contributed by atoms with E-state index >= 15 is 0 Å². The molecular formula is C22H34O4Si. The van der Waals surface area contributed by atoms with E-state index in [0.717, 1.165) is 41.3 Å². The summed E-state index contributed by atoms with van der Waals surface area (Å²) >= 11 is 0. The van der Waals surface area contributed by atoms with Crippen molar-refractivity contribution in [2.45, 2.75) is 72.3 Å². The number of cyclic esters (lactones) is 1. The maximum absolute atomic E-state index is 12.4. The molecule has 4 nitrogen and oxygen atoms in total. The number of fused-ring (bicyclic) bond motifs is 1. The highest BCUT2D eigenvalue weighted by Gasteiger charge is 2.33. The van der Waals surface area contributed by atoms with E-state index in [0.29, 0.717) is 30.9 Å². The molecule has 0 amide bonds. The molecule has 1 aromatic rings. The number of hydrogen-bond donors (Lipinski definition) is 0. The average molecular weight is 391 g/mol. The highest BCUT2D eigenvalue weighted by Crippen LogP contribution is 2.43. The van der Waals surface area contributed by atoms with E-state index in [9.17, 15) is 4.79 Å². The number of hydrogen-bond acceptors (Lipinski definition) is 4. The Morgan fingerprint density at radius 2 is 1.96 bits per heavy atom. The van der Waals surface area contributed by atoms with Crippen molar-refractivity contribution >= 4 is 14.0 Å². The van der Waals surface area contributed by atoms with Crippen LogP contribution in [-0.2, 0) is 17.8 Å². The molecule has 0 saturated heterocycles. The number of rotatable bonds is 9. The van der Waals surface area contributed by atoms with Gasteiger partial charge in [-0.25, -0.2) is 4.79 Å². The summed E-state index contributed by atoms with van der Waals surface area (Å²) in [7, 11) is 0.450. The largest absolute Gasteiger partial charge is 0.496 e. The summed E-state index contributed by atoms with van der Waals surface area (Å²) in [6, 6.07) is 1.04. The zero-order valence-electron chi connectivity index (χ0n) is 18.0. The SMILES string of the molecule is CCCC(C)=CCc1c(OC)c(C)c2c(c1OCC[Si](C)(C)C)C(=O)OC2. The van der Waals surface area contributed by atoms with Crippen LogP contribution >= 0.6 is 0 Å². The first-order valence-corrected chi connectivity index (χ1v) is 13.6. The van der Waals surface area contributed by atoms with Gasteiger partial charge in [0.05, 0.1) is 13.7 Å². The van der Waals surface area contributed by atoms with E-state index in [2.05, 4.69) is 39.6 Å². The van der Waals surface area contributed by atoms with Crippen molar-refractivity contribution in [1.29, 1.82) is 0 Å². The molecule has 0 fully saturated rings. The molecule has 1 aliphatic heterocycles. The highest BCUT2D eigenvalue weighted by molar-refractivity contribution is 6.76. The number of allylic oxidation sites excluding steroid dienone is 2. The topological polar surface area (TPSA) is 44.8 Å². The molecule has 5 heteroatoms. The minimum Gasteiger partial charge on any atom is -0.496 e. The molecule has 1 aromatic carbocycles. The fraction of sp³-hybridized carbons (Fsp3) is 0.591. The minimum atomic E-state index is -1.24. The first-order valence-electron chi connectivity index (χ1n) is 9.87. The third kappa shape index (κ3) is 5.16. The molecule has 27 heavy (non-hydrogen) atoms. The van der Waals surface area contributed by atoms with Gasteiger partial charge in [-0.3, -0.25) is 0 Å². The van der Waals surface area contributed by atoms with Gasteiger partial charge in [0.25, 0.3) is 0 Å². The van der Waals surface area contributed by atoms with Crippen molar-refractivity contribution in [3.63, 3.8) is 0 Å². The zero-order chi connectivity index (χ0) is 20.2. The molecule has 0 spiro atoms. The van der Waals surface area contributed by atoms with Gasteiger partial charge in [0, 0.05) is 19.2 Å². The van der Waals surface area contributed by atoms with E-state index in [1.807, 2.05) is 6.92 Å². The highest BCUT2D eigenvalue weighted by atomic mass is 28.3. The van der Waals surface area contributed by atoms with Crippen LogP contribution < -0.4 is 9.47 Å². The van der Waals surface area contributed by atoms with Crippen LogP contribution in [0.5, 0.6) is 11.5 Å². The second-order valence-electron chi connectivity index (χ2n) is 8.56. The van der Waals surface area contributed by atoms with Crippen molar-refractivity contribution in [2.24, 2.45) is 0 Å². The number of esters is 1. The molecule has 0 aliphatic carbocycles. The fourth-order valence-electron chi connectivity index (χ4n) is 3.40. The Morgan fingerprint density at radius 3 is 2.56 bits per heavy atom. The smallest absolute Gasteiger partial charge is 0.342 e. The van der Waals surface area contributed by atoms with E-state index in [4.69, 9.17) is 14.2 Å². The standard InChI is InChI=1S/C22H34O4Si/c1-8-9-15(2)10-11-17-20(24-4)16(3)18-14-26-22(23)19(18)21(17)25-12-13-27(5,6)7/h10H,8-9,11-14H2,1-7H3. The molecule has 1 aliphatic rings. The van der Waals surface area contributed by atoms with Gasteiger partial charge in [-0.2, -0.15) is 0 Å². The number of ether oxygens (including phenoxy) is 3. The van der Waals surface area contributed by atoms with Crippen LogP contribution in [0, 0.1) is 6.92 Å². The predicted molar refractivity (Wildman–Crippen MR) is 113 cm³/mol. The van der Waals surface area contributed by atoms with Crippen LogP contribution in [0.2, 0.25) is 25.7 Å². The predicted octanol–water partition coefficient (Wildman–Crippen LogP) is 5.68. The van der Waals surface area contributed by atoms with Gasteiger partial charge >= 0.3 is 5.97 Å². The van der Waals surface area contributed by atoms with Crippen LogP contribution in [0.1, 0.15) is 53.7 Å². The Balaban J connectivity index is 2.50. The molecule has 0 atom stereocenters. The molecule has 2 rings (SSSR count). The number of methoxy groups -OCH3 is 1. The maximum Gasteiger partial charge on any atom is 0.342 e. The molecule has 0 aromatic heterocycles. The lowest BCUT2D eigenvalue weighted by atomic mass is 9.94. The third-order valence-corrected chi connectivity index (χ3v) is 6.73. The second kappa shape index (κ2) is 8.96. The Bertz CT molecular complexity index is 729. The molecule has 0 bridgehead atoms. The van der Waals surface area contributed by atoms with E-state index in [1.165, 1.54) is 5.57 Å². The van der Waals surface area contributed by atoms with Crippen LogP contribution in [0.15, 0.2) is 11.6 Å². The average Bonchev–Trinajstić information content (AvgIpc) is 2.96. The molecule has 0 saturated carbocycles. The summed E-state index contributed by atoms with van der Waals surface area (Å²) in [5, 5.41) is 0. The lowest BCUT2D eigenvalue weighted by molar-refractivity contribution is 0.0532. The minimum absolute atomic E-state index is 0.283. The third-order valence-electron chi connectivity index (χ3n) is 5.02. The number of carbonyl (C=O) groups is 1. The van der Waals surface area contributed by atoms with Crippen molar-refractivity contribution in [1.82, 2.24) is 0 Å². The lowest BCUT2D eigenvalue weighted by Gasteiger charge is -2.21. The molecular weight excluding hydrogens is 356 g/mol. The maximum atomic E-state index is 12.4. The van der Waals surface area contributed by atoms with E-state index in [1.54, 1.807) is 7.11 Å².